The van der Waals surface area contributed by atoms with Crippen molar-refractivity contribution in [2.45, 2.75) is 13.0 Å². The monoisotopic (exact) mass is 316 g/mol. The Morgan fingerprint density at radius 2 is 1.91 bits per heavy atom. The maximum atomic E-state index is 12.2. The zero-order valence-corrected chi connectivity index (χ0v) is 12.5. The van der Waals surface area contributed by atoms with Crippen LogP contribution in [0.1, 0.15) is 17.5 Å². The fourth-order valence-corrected chi connectivity index (χ4v) is 2.11. The van der Waals surface area contributed by atoms with Gasteiger partial charge in [-0.05, 0) is 31.2 Å². The van der Waals surface area contributed by atoms with Gasteiger partial charge in [0.2, 0.25) is 5.91 Å². The lowest BCUT2D eigenvalue weighted by molar-refractivity contribution is -0.117. The van der Waals surface area contributed by atoms with Crippen LogP contribution in [0.4, 0.5) is 5.69 Å². The summed E-state index contributed by atoms with van der Waals surface area (Å²) in [6.45, 7) is 2.57. The van der Waals surface area contributed by atoms with Gasteiger partial charge in [-0.15, -0.1) is 0 Å². The Kier molecular flexibility index (Phi) is 4.18. The summed E-state index contributed by atoms with van der Waals surface area (Å²) >= 11 is 0. The highest BCUT2D eigenvalue weighted by Gasteiger charge is 2.19. The molecule has 23 heavy (non-hydrogen) atoms. The quantitative estimate of drug-likeness (QED) is 0.898. The summed E-state index contributed by atoms with van der Waals surface area (Å²) in [5.41, 5.74) is 0.568. The van der Waals surface area contributed by atoms with Gasteiger partial charge in [0.1, 0.15) is 19.3 Å². The van der Waals surface area contributed by atoms with Gasteiger partial charge in [-0.2, -0.15) is 0 Å². The second kappa shape index (κ2) is 6.43. The van der Waals surface area contributed by atoms with E-state index in [0.29, 0.717) is 30.4 Å². The van der Waals surface area contributed by atoms with E-state index in [9.17, 15) is 9.59 Å². The molecule has 1 aliphatic heterocycles. The Labute approximate surface area is 132 Å². The van der Waals surface area contributed by atoms with E-state index in [1.54, 1.807) is 31.2 Å². The maximum absolute atomic E-state index is 12.2. The molecule has 2 heterocycles. The topological polar surface area (TPSA) is 89.8 Å². The number of ether oxygens (including phenoxy) is 2. The zero-order valence-electron chi connectivity index (χ0n) is 12.5. The largest absolute Gasteiger partial charge is 0.486 e. The van der Waals surface area contributed by atoms with Crippen molar-refractivity contribution in [1.29, 1.82) is 0 Å². The molecule has 1 atom stereocenters. The smallest absolute Gasteiger partial charge is 0.287 e. The van der Waals surface area contributed by atoms with E-state index in [1.807, 2.05) is 0 Å². The Bertz CT molecular complexity index is 711. The van der Waals surface area contributed by atoms with Gasteiger partial charge in [0.15, 0.2) is 17.3 Å². The van der Waals surface area contributed by atoms with Gasteiger partial charge < -0.3 is 24.5 Å². The van der Waals surface area contributed by atoms with Crippen LogP contribution in [0.5, 0.6) is 11.5 Å². The summed E-state index contributed by atoms with van der Waals surface area (Å²) in [5.74, 6) is 0.597. The van der Waals surface area contributed by atoms with Crippen LogP contribution in [0.25, 0.3) is 0 Å². The number of anilines is 1. The number of benzene rings is 1. The maximum Gasteiger partial charge on any atom is 0.287 e. The van der Waals surface area contributed by atoms with Crippen LogP contribution in [-0.4, -0.2) is 31.1 Å². The van der Waals surface area contributed by atoms with Crippen molar-refractivity contribution >= 4 is 17.5 Å². The van der Waals surface area contributed by atoms with Crippen molar-refractivity contribution < 1.29 is 23.5 Å². The number of carbonyl (C=O) groups is 2. The third kappa shape index (κ3) is 3.45. The van der Waals surface area contributed by atoms with E-state index in [1.165, 1.54) is 12.3 Å². The van der Waals surface area contributed by atoms with Crippen LogP contribution in [0.3, 0.4) is 0 Å². The molecule has 2 aromatic rings. The molecule has 0 spiro atoms. The molecule has 0 aliphatic carbocycles. The number of hydrogen-bond acceptors (Lipinski definition) is 5. The molecule has 1 aromatic heterocycles. The summed E-state index contributed by atoms with van der Waals surface area (Å²) < 4.78 is 15.9. The molecule has 7 nitrogen and oxygen atoms in total. The highest BCUT2D eigenvalue weighted by molar-refractivity contribution is 6.00. The Morgan fingerprint density at radius 1 is 1.13 bits per heavy atom. The van der Waals surface area contributed by atoms with Crippen molar-refractivity contribution in [1.82, 2.24) is 5.32 Å². The zero-order chi connectivity index (χ0) is 16.2. The summed E-state index contributed by atoms with van der Waals surface area (Å²) in [6, 6.07) is 7.55. The van der Waals surface area contributed by atoms with Crippen LogP contribution >= 0.6 is 0 Å². The summed E-state index contributed by atoms with van der Waals surface area (Å²) in [7, 11) is 0. The molecular weight excluding hydrogens is 300 g/mol. The lowest BCUT2D eigenvalue weighted by Crippen LogP contribution is -2.41. The normalized spacial score (nSPS) is 14.0. The molecule has 0 radical (unpaired) electrons. The Morgan fingerprint density at radius 3 is 2.65 bits per heavy atom. The third-order valence-electron chi connectivity index (χ3n) is 3.30. The second-order valence-corrected chi connectivity index (χ2v) is 5.02. The van der Waals surface area contributed by atoms with Crippen LogP contribution in [-0.2, 0) is 4.79 Å². The molecule has 1 unspecified atom stereocenters. The highest BCUT2D eigenvalue weighted by atomic mass is 16.6. The molecule has 3 rings (SSSR count). The molecule has 0 saturated heterocycles. The van der Waals surface area contributed by atoms with Gasteiger partial charge in [0.25, 0.3) is 5.91 Å². The van der Waals surface area contributed by atoms with E-state index < -0.39 is 11.9 Å². The van der Waals surface area contributed by atoms with Gasteiger partial charge in [0.05, 0.1) is 6.26 Å². The van der Waals surface area contributed by atoms with Crippen LogP contribution in [0.15, 0.2) is 41.0 Å². The lowest BCUT2D eigenvalue weighted by Gasteiger charge is -2.19. The van der Waals surface area contributed by atoms with Gasteiger partial charge in [-0.25, -0.2) is 0 Å². The minimum Gasteiger partial charge on any atom is -0.486 e. The van der Waals surface area contributed by atoms with Crippen LogP contribution in [0, 0.1) is 0 Å². The van der Waals surface area contributed by atoms with Gasteiger partial charge in [0, 0.05) is 11.8 Å². The first kappa shape index (κ1) is 15.0. The highest BCUT2D eigenvalue weighted by Crippen LogP contribution is 2.32. The van der Waals surface area contributed by atoms with Gasteiger partial charge in [-0.1, -0.05) is 0 Å². The van der Waals surface area contributed by atoms with Crippen molar-refractivity contribution in [3.05, 3.63) is 42.4 Å². The number of fused-ring (bicyclic) bond motifs is 1. The lowest BCUT2D eigenvalue weighted by atomic mass is 10.2. The predicted molar refractivity (Wildman–Crippen MR) is 81.7 cm³/mol. The first-order valence-corrected chi connectivity index (χ1v) is 7.18. The number of nitrogens with one attached hydrogen (secondary N) is 2. The molecule has 2 amide bonds. The van der Waals surface area contributed by atoms with Crippen LogP contribution in [0.2, 0.25) is 0 Å². The van der Waals surface area contributed by atoms with Crippen molar-refractivity contribution in [2.75, 3.05) is 18.5 Å². The van der Waals surface area contributed by atoms with E-state index in [0.717, 1.165) is 0 Å². The second-order valence-electron chi connectivity index (χ2n) is 5.02. The van der Waals surface area contributed by atoms with Gasteiger partial charge in [-0.3, -0.25) is 9.59 Å². The predicted octanol–water partition coefficient (Wildman–Crippen LogP) is 1.81. The summed E-state index contributed by atoms with van der Waals surface area (Å²) in [4.78, 5) is 24.0. The first-order chi connectivity index (χ1) is 11.1. The third-order valence-corrected chi connectivity index (χ3v) is 3.30. The molecule has 2 N–H and O–H groups in total. The molecule has 1 aromatic carbocycles. The Balaban J connectivity index is 1.61. The average molecular weight is 316 g/mol. The fourth-order valence-electron chi connectivity index (χ4n) is 2.11. The summed E-state index contributed by atoms with van der Waals surface area (Å²) in [5, 5.41) is 5.29. The Hall–Kier alpha value is -2.96. The van der Waals surface area contributed by atoms with E-state index >= 15 is 0 Å². The number of amides is 2. The van der Waals surface area contributed by atoms with Gasteiger partial charge >= 0.3 is 0 Å². The minimum atomic E-state index is -0.721. The minimum absolute atomic E-state index is 0.156. The molecule has 0 bridgehead atoms. The van der Waals surface area contributed by atoms with Crippen LogP contribution < -0.4 is 20.1 Å². The number of rotatable bonds is 4. The molecular formula is C16H16N2O5. The molecule has 1 aliphatic rings. The van der Waals surface area contributed by atoms with E-state index in [-0.39, 0.29) is 11.7 Å². The summed E-state index contributed by atoms with van der Waals surface area (Å²) in [6.07, 6.45) is 1.40. The molecule has 7 heteroatoms. The van der Waals surface area contributed by atoms with Crippen molar-refractivity contribution in [2.24, 2.45) is 0 Å². The molecule has 120 valence electrons. The number of hydrogen-bond donors (Lipinski definition) is 2. The molecule has 0 fully saturated rings. The fraction of sp³-hybridized carbons (Fsp3) is 0.250. The van der Waals surface area contributed by atoms with E-state index in [2.05, 4.69) is 10.6 Å². The van der Waals surface area contributed by atoms with E-state index in [4.69, 9.17) is 13.9 Å². The molecule has 0 saturated carbocycles. The van der Waals surface area contributed by atoms with Crippen molar-refractivity contribution in [3.63, 3.8) is 0 Å². The first-order valence-electron chi connectivity index (χ1n) is 7.18. The number of carbonyl (C=O) groups excluding carboxylic acids is 2. The number of furan rings is 1. The van der Waals surface area contributed by atoms with Crippen molar-refractivity contribution in [3.8, 4) is 11.5 Å². The SMILES string of the molecule is CC(NC(=O)c1ccco1)C(=O)Nc1ccc2c(c1)OCCO2. The standard InChI is InChI=1S/C16H16N2O5/c1-10(17-16(20)13-3-2-6-21-13)15(19)18-11-4-5-12-14(9-11)23-8-7-22-12/h2-6,9-10H,7-8H2,1H3,(H,17,20)(H,18,19). The average Bonchev–Trinajstić information content (AvgIpc) is 3.09.